The Morgan fingerprint density at radius 2 is 2.25 bits per heavy atom. The predicted molar refractivity (Wildman–Crippen MR) is 79.7 cm³/mol. The number of nitrogens with one attached hydrogen (secondary N) is 1. The molecule has 0 saturated carbocycles. The molecule has 0 radical (unpaired) electrons. The van der Waals surface area contributed by atoms with Crippen LogP contribution in [0.15, 0.2) is 41.2 Å². The highest BCUT2D eigenvalue weighted by Crippen LogP contribution is 2.29. The molecule has 0 aliphatic rings. The van der Waals surface area contributed by atoms with E-state index in [0.29, 0.717) is 0 Å². The molecule has 0 bridgehead atoms. The fourth-order valence-corrected chi connectivity index (χ4v) is 2.51. The Morgan fingerprint density at radius 1 is 1.40 bits per heavy atom. The van der Waals surface area contributed by atoms with Crippen LogP contribution in [0.1, 0.15) is 30.0 Å². The number of furan rings is 1. The van der Waals surface area contributed by atoms with Crippen molar-refractivity contribution in [3.63, 3.8) is 0 Å². The summed E-state index contributed by atoms with van der Waals surface area (Å²) in [4.78, 5) is 4.44. The maximum Gasteiger partial charge on any atom is 0.137 e. The summed E-state index contributed by atoms with van der Waals surface area (Å²) < 4.78 is 8.02. The van der Waals surface area contributed by atoms with Crippen LogP contribution in [0.4, 0.5) is 0 Å². The van der Waals surface area contributed by atoms with E-state index in [9.17, 15) is 0 Å². The maximum absolute atomic E-state index is 6.07. The van der Waals surface area contributed by atoms with Gasteiger partial charge in [0, 0.05) is 18.6 Å². The standard InChI is InChI=1S/C16H19N3O/c1-4-17-15(13-9-19(3)10-18-13)14-8-12-7-5-6-11(2)16(12)20-14/h5-10,15,17H,4H2,1-3H3. The van der Waals surface area contributed by atoms with E-state index in [2.05, 4.69) is 48.4 Å². The minimum Gasteiger partial charge on any atom is -0.459 e. The number of benzene rings is 1. The average molecular weight is 269 g/mol. The largest absolute Gasteiger partial charge is 0.459 e. The van der Waals surface area contributed by atoms with Crippen LogP contribution in [0, 0.1) is 6.92 Å². The van der Waals surface area contributed by atoms with E-state index in [4.69, 9.17) is 4.42 Å². The first-order valence-corrected chi connectivity index (χ1v) is 6.89. The molecule has 2 aromatic heterocycles. The van der Waals surface area contributed by atoms with Gasteiger partial charge in [-0.25, -0.2) is 4.98 Å². The summed E-state index contributed by atoms with van der Waals surface area (Å²) in [7, 11) is 1.97. The lowest BCUT2D eigenvalue weighted by molar-refractivity contribution is 0.471. The quantitative estimate of drug-likeness (QED) is 0.791. The van der Waals surface area contributed by atoms with Gasteiger partial charge in [-0.1, -0.05) is 25.1 Å². The van der Waals surface area contributed by atoms with Crippen molar-refractivity contribution in [1.82, 2.24) is 14.9 Å². The topological polar surface area (TPSA) is 43.0 Å². The molecule has 0 fully saturated rings. The summed E-state index contributed by atoms with van der Waals surface area (Å²) in [6, 6.07) is 8.30. The van der Waals surface area contributed by atoms with E-state index in [0.717, 1.165) is 34.5 Å². The highest BCUT2D eigenvalue weighted by atomic mass is 16.3. The highest BCUT2D eigenvalue weighted by molar-refractivity contribution is 5.81. The molecule has 1 aromatic carbocycles. The Balaban J connectivity index is 2.07. The molecule has 0 spiro atoms. The van der Waals surface area contributed by atoms with Gasteiger partial charge < -0.3 is 14.3 Å². The number of aromatic nitrogens is 2. The lowest BCUT2D eigenvalue weighted by atomic mass is 10.1. The number of fused-ring (bicyclic) bond motifs is 1. The number of hydrogen-bond acceptors (Lipinski definition) is 3. The van der Waals surface area contributed by atoms with Crippen molar-refractivity contribution < 1.29 is 4.42 Å². The molecule has 2 heterocycles. The van der Waals surface area contributed by atoms with Gasteiger partial charge in [0.1, 0.15) is 17.4 Å². The third-order valence-electron chi connectivity index (χ3n) is 3.47. The Morgan fingerprint density at radius 3 is 2.90 bits per heavy atom. The van der Waals surface area contributed by atoms with Crippen molar-refractivity contribution in [2.75, 3.05) is 6.54 Å². The number of imidazole rings is 1. The lowest BCUT2D eigenvalue weighted by Crippen LogP contribution is -2.21. The van der Waals surface area contributed by atoms with Crippen molar-refractivity contribution >= 4 is 11.0 Å². The zero-order chi connectivity index (χ0) is 14.1. The second kappa shape index (κ2) is 5.13. The van der Waals surface area contributed by atoms with Crippen molar-refractivity contribution in [3.8, 4) is 0 Å². The van der Waals surface area contributed by atoms with E-state index in [1.807, 2.05) is 24.1 Å². The molecule has 0 aliphatic carbocycles. The van der Waals surface area contributed by atoms with E-state index >= 15 is 0 Å². The molecule has 4 heteroatoms. The summed E-state index contributed by atoms with van der Waals surface area (Å²) in [5.41, 5.74) is 3.09. The fraction of sp³-hybridized carbons (Fsp3) is 0.312. The van der Waals surface area contributed by atoms with Crippen LogP contribution >= 0.6 is 0 Å². The Kier molecular flexibility index (Phi) is 3.32. The summed E-state index contributed by atoms with van der Waals surface area (Å²) in [5.74, 6) is 0.912. The van der Waals surface area contributed by atoms with Gasteiger partial charge in [-0.3, -0.25) is 0 Å². The van der Waals surface area contributed by atoms with Gasteiger partial charge >= 0.3 is 0 Å². The van der Waals surface area contributed by atoms with Crippen LogP contribution in [-0.2, 0) is 7.05 Å². The van der Waals surface area contributed by atoms with E-state index in [1.165, 1.54) is 0 Å². The highest BCUT2D eigenvalue weighted by Gasteiger charge is 2.20. The minimum absolute atomic E-state index is 0.00648. The van der Waals surface area contributed by atoms with Crippen LogP contribution < -0.4 is 5.32 Å². The van der Waals surface area contributed by atoms with Gasteiger partial charge in [0.2, 0.25) is 0 Å². The van der Waals surface area contributed by atoms with Gasteiger partial charge in [0.15, 0.2) is 0 Å². The van der Waals surface area contributed by atoms with Crippen LogP contribution in [0.3, 0.4) is 0 Å². The molecule has 3 aromatic rings. The molecule has 0 amide bonds. The first-order valence-electron chi connectivity index (χ1n) is 6.89. The molecule has 0 aliphatic heterocycles. The SMILES string of the molecule is CCNC(c1cn(C)cn1)c1cc2cccc(C)c2o1. The monoisotopic (exact) mass is 269 g/mol. The summed E-state index contributed by atoms with van der Waals surface area (Å²) in [6.07, 6.45) is 3.83. The normalized spacial score (nSPS) is 12.9. The van der Waals surface area contributed by atoms with Gasteiger partial charge in [-0.05, 0) is 25.1 Å². The van der Waals surface area contributed by atoms with E-state index < -0.39 is 0 Å². The summed E-state index contributed by atoms with van der Waals surface area (Å²) >= 11 is 0. The fourth-order valence-electron chi connectivity index (χ4n) is 2.51. The molecule has 3 rings (SSSR count). The van der Waals surface area contributed by atoms with Crippen LogP contribution in [0.2, 0.25) is 0 Å². The van der Waals surface area contributed by atoms with Crippen LogP contribution in [-0.4, -0.2) is 16.1 Å². The molecular weight excluding hydrogens is 250 g/mol. The first kappa shape index (κ1) is 12.9. The summed E-state index contributed by atoms with van der Waals surface area (Å²) in [5, 5.41) is 4.58. The number of hydrogen-bond donors (Lipinski definition) is 1. The average Bonchev–Trinajstić information content (AvgIpc) is 3.03. The van der Waals surface area contributed by atoms with Gasteiger partial charge in [-0.2, -0.15) is 0 Å². The lowest BCUT2D eigenvalue weighted by Gasteiger charge is -2.12. The third-order valence-corrected chi connectivity index (χ3v) is 3.47. The molecule has 1 N–H and O–H groups in total. The van der Waals surface area contributed by atoms with Gasteiger partial charge in [0.25, 0.3) is 0 Å². The van der Waals surface area contributed by atoms with Crippen molar-refractivity contribution in [1.29, 1.82) is 0 Å². The second-order valence-corrected chi connectivity index (χ2v) is 5.10. The van der Waals surface area contributed by atoms with E-state index in [-0.39, 0.29) is 6.04 Å². The molecular formula is C16H19N3O. The molecule has 1 unspecified atom stereocenters. The predicted octanol–water partition coefficient (Wildman–Crippen LogP) is 3.17. The number of rotatable bonds is 4. The number of para-hydroxylation sites is 1. The number of nitrogens with zero attached hydrogens (tertiary/aromatic N) is 2. The second-order valence-electron chi connectivity index (χ2n) is 5.10. The zero-order valence-corrected chi connectivity index (χ0v) is 12.1. The smallest absolute Gasteiger partial charge is 0.137 e. The Hall–Kier alpha value is -2.07. The third kappa shape index (κ3) is 2.23. The Bertz CT molecular complexity index is 726. The molecule has 1 atom stereocenters. The minimum atomic E-state index is -0.00648. The Labute approximate surface area is 118 Å². The van der Waals surface area contributed by atoms with Crippen LogP contribution in [0.5, 0.6) is 0 Å². The van der Waals surface area contributed by atoms with Crippen molar-refractivity contribution in [3.05, 3.63) is 53.8 Å². The zero-order valence-electron chi connectivity index (χ0n) is 12.1. The molecule has 20 heavy (non-hydrogen) atoms. The van der Waals surface area contributed by atoms with Crippen LogP contribution in [0.25, 0.3) is 11.0 Å². The first-order chi connectivity index (χ1) is 9.69. The van der Waals surface area contributed by atoms with Crippen molar-refractivity contribution in [2.24, 2.45) is 7.05 Å². The summed E-state index contributed by atoms with van der Waals surface area (Å²) in [6.45, 7) is 5.01. The number of aryl methyl sites for hydroxylation is 2. The molecule has 0 saturated heterocycles. The van der Waals surface area contributed by atoms with Gasteiger partial charge in [0.05, 0.1) is 12.0 Å². The maximum atomic E-state index is 6.07. The van der Waals surface area contributed by atoms with Gasteiger partial charge in [-0.15, -0.1) is 0 Å². The molecule has 104 valence electrons. The van der Waals surface area contributed by atoms with E-state index in [1.54, 1.807) is 0 Å². The molecule has 4 nitrogen and oxygen atoms in total. The van der Waals surface area contributed by atoms with Crippen molar-refractivity contribution in [2.45, 2.75) is 19.9 Å².